The van der Waals surface area contributed by atoms with Crippen LogP contribution in [0, 0.1) is 0 Å². The van der Waals surface area contributed by atoms with Crippen molar-refractivity contribution in [2.45, 2.75) is 58.7 Å². The van der Waals surface area contributed by atoms with E-state index in [9.17, 15) is 5.11 Å². The first-order chi connectivity index (χ1) is 8.17. The minimum atomic E-state index is -0.221. The molecule has 17 heavy (non-hydrogen) atoms. The molecule has 0 bridgehead atoms. The highest BCUT2D eigenvalue weighted by Gasteiger charge is 2.09. The summed E-state index contributed by atoms with van der Waals surface area (Å²) in [5, 5.41) is 12.8. The Balaban J connectivity index is 2.52. The van der Waals surface area contributed by atoms with E-state index >= 15 is 0 Å². The van der Waals surface area contributed by atoms with Gasteiger partial charge in [0.2, 0.25) is 0 Å². The van der Waals surface area contributed by atoms with Crippen molar-refractivity contribution in [2.75, 3.05) is 6.54 Å². The first kappa shape index (κ1) is 14.3. The first-order valence-corrected chi connectivity index (χ1v) is 6.74. The molecule has 0 fully saturated rings. The van der Waals surface area contributed by atoms with Crippen LogP contribution < -0.4 is 5.32 Å². The average molecular weight is 238 g/mol. The Morgan fingerprint density at radius 2 is 2.18 bits per heavy atom. The third-order valence-corrected chi connectivity index (χ3v) is 3.03. The third kappa shape index (κ3) is 4.92. The lowest BCUT2D eigenvalue weighted by Crippen LogP contribution is -2.21. The number of hydrogen-bond donors (Lipinski definition) is 2. The van der Waals surface area contributed by atoms with E-state index < -0.39 is 0 Å². The highest BCUT2D eigenvalue weighted by molar-refractivity contribution is 5.15. The van der Waals surface area contributed by atoms with Crippen molar-refractivity contribution in [2.24, 2.45) is 0 Å². The standard InChI is InChI=1S/C14H26N2O/c1-4-8-15-14(5-2)13-7-10-16(11-13)9-6-12(3)17/h7,10-12,14-15,17H,4-6,8-9H2,1-3H3. The normalized spacial score (nSPS) is 14.8. The van der Waals surface area contributed by atoms with Crippen LogP contribution in [0.3, 0.4) is 0 Å². The number of aromatic nitrogens is 1. The summed E-state index contributed by atoms with van der Waals surface area (Å²) in [6.45, 7) is 8.19. The summed E-state index contributed by atoms with van der Waals surface area (Å²) in [7, 11) is 0. The monoisotopic (exact) mass is 238 g/mol. The number of nitrogens with zero attached hydrogens (tertiary/aromatic N) is 1. The van der Waals surface area contributed by atoms with Gasteiger partial charge in [-0.2, -0.15) is 0 Å². The molecular weight excluding hydrogens is 212 g/mol. The van der Waals surface area contributed by atoms with Gasteiger partial charge in [-0.15, -0.1) is 0 Å². The fraction of sp³-hybridized carbons (Fsp3) is 0.714. The van der Waals surface area contributed by atoms with Crippen LogP contribution in [0.2, 0.25) is 0 Å². The fourth-order valence-electron chi connectivity index (χ4n) is 1.96. The lowest BCUT2D eigenvalue weighted by atomic mass is 10.1. The van der Waals surface area contributed by atoms with Crippen LogP contribution in [0.15, 0.2) is 18.5 Å². The Morgan fingerprint density at radius 1 is 1.41 bits per heavy atom. The van der Waals surface area contributed by atoms with Crippen LogP contribution in [0.1, 0.15) is 51.6 Å². The predicted molar refractivity (Wildman–Crippen MR) is 72.1 cm³/mol. The molecule has 3 heteroatoms. The Morgan fingerprint density at radius 3 is 2.76 bits per heavy atom. The minimum absolute atomic E-state index is 0.221. The van der Waals surface area contributed by atoms with Crippen LogP contribution >= 0.6 is 0 Å². The van der Waals surface area contributed by atoms with Crippen LogP contribution in [0.25, 0.3) is 0 Å². The number of nitrogens with one attached hydrogen (secondary N) is 1. The molecule has 0 aliphatic rings. The van der Waals surface area contributed by atoms with Crippen LogP contribution in [-0.4, -0.2) is 22.3 Å². The molecule has 2 unspecified atom stereocenters. The Kier molecular flexibility index (Phi) is 6.30. The van der Waals surface area contributed by atoms with E-state index in [1.165, 1.54) is 12.0 Å². The highest BCUT2D eigenvalue weighted by atomic mass is 16.3. The molecule has 2 atom stereocenters. The molecule has 0 aromatic carbocycles. The van der Waals surface area contributed by atoms with Crippen molar-refractivity contribution in [3.8, 4) is 0 Å². The SMILES string of the molecule is CCCNC(CC)c1ccn(CCC(C)O)c1. The van der Waals surface area contributed by atoms with Crippen molar-refractivity contribution in [1.82, 2.24) is 9.88 Å². The highest BCUT2D eigenvalue weighted by Crippen LogP contribution is 2.17. The lowest BCUT2D eigenvalue weighted by Gasteiger charge is -2.15. The molecule has 0 radical (unpaired) electrons. The lowest BCUT2D eigenvalue weighted by molar-refractivity contribution is 0.178. The number of aryl methyl sites for hydroxylation is 1. The summed E-state index contributed by atoms with van der Waals surface area (Å²) in [6, 6.07) is 2.64. The molecule has 0 amide bonds. The Hall–Kier alpha value is -0.800. The number of rotatable bonds is 8. The first-order valence-electron chi connectivity index (χ1n) is 6.74. The number of aliphatic hydroxyl groups excluding tert-OH is 1. The van der Waals surface area contributed by atoms with Gasteiger partial charge in [-0.25, -0.2) is 0 Å². The topological polar surface area (TPSA) is 37.2 Å². The molecule has 3 nitrogen and oxygen atoms in total. The van der Waals surface area contributed by atoms with Crippen molar-refractivity contribution in [1.29, 1.82) is 0 Å². The fourth-order valence-corrected chi connectivity index (χ4v) is 1.96. The zero-order valence-corrected chi connectivity index (χ0v) is 11.3. The van der Waals surface area contributed by atoms with E-state index in [1.807, 2.05) is 6.92 Å². The third-order valence-electron chi connectivity index (χ3n) is 3.03. The van der Waals surface area contributed by atoms with Crippen LogP contribution in [0.4, 0.5) is 0 Å². The van der Waals surface area contributed by atoms with Gasteiger partial charge in [0, 0.05) is 25.0 Å². The Bertz CT molecular complexity index is 307. The zero-order valence-electron chi connectivity index (χ0n) is 11.3. The summed E-state index contributed by atoms with van der Waals surface area (Å²) in [5.41, 5.74) is 1.35. The largest absolute Gasteiger partial charge is 0.393 e. The van der Waals surface area contributed by atoms with Crippen LogP contribution in [0.5, 0.6) is 0 Å². The maximum atomic E-state index is 9.27. The number of hydrogen-bond acceptors (Lipinski definition) is 2. The maximum absolute atomic E-state index is 9.27. The molecule has 0 aliphatic carbocycles. The summed E-state index contributed by atoms with van der Waals surface area (Å²) in [5.74, 6) is 0. The van der Waals surface area contributed by atoms with E-state index in [2.05, 4.69) is 42.2 Å². The van der Waals surface area contributed by atoms with Gasteiger partial charge in [-0.1, -0.05) is 13.8 Å². The average Bonchev–Trinajstić information content (AvgIpc) is 2.76. The van der Waals surface area contributed by atoms with E-state index in [0.717, 1.165) is 25.9 Å². The summed E-state index contributed by atoms with van der Waals surface area (Å²) < 4.78 is 2.17. The second-order valence-corrected chi connectivity index (χ2v) is 4.74. The number of aliphatic hydroxyl groups is 1. The van der Waals surface area contributed by atoms with Crippen molar-refractivity contribution < 1.29 is 5.11 Å². The molecule has 0 saturated carbocycles. The van der Waals surface area contributed by atoms with E-state index in [0.29, 0.717) is 6.04 Å². The molecule has 1 rings (SSSR count). The van der Waals surface area contributed by atoms with Gasteiger partial charge in [0.15, 0.2) is 0 Å². The van der Waals surface area contributed by atoms with Crippen molar-refractivity contribution in [3.05, 3.63) is 24.0 Å². The molecule has 0 aliphatic heterocycles. The van der Waals surface area contributed by atoms with Gasteiger partial charge in [-0.3, -0.25) is 0 Å². The van der Waals surface area contributed by atoms with E-state index in [-0.39, 0.29) is 6.10 Å². The second kappa shape index (κ2) is 7.51. The van der Waals surface area contributed by atoms with Gasteiger partial charge >= 0.3 is 0 Å². The Labute approximate surface area is 105 Å². The van der Waals surface area contributed by atoms with Gasteiger partial charge in [-0.05, 0) is 44.4 Å². The predicted octanol–water partition coefficient (Wildman–Crippen LogP) is 2.71. The molecule has 0 saturated heterocycles. The molecule has 1 aromatic rings. The molecular formula is C14H26N2O. The summed E-state index contributed by atoms with van der Waals surface area (Å²) >= 11 is 0. The van der Waals surface area contributed by atoms with Gasteiger partial charge in [0.05, 0.1) is 6.10 Å². The molecule has 1 aromatic heterocycles. The molecule has 0 spiro atoms. The maximum Gasteiger partial charge on any atom is 0.0529 e. The molecule has 98 valence electrons. The van der Waals surface area contributed by atoms with Gasteiger partial charge < -0.3 is 15.0 Å². The second-order valence-electron chi connectivity index (χ2n) is 4.74. The zero-order chi connectivity index (χ0) is 12.7. The van der Waals surface area contributed by atoms with Crippen molar-refractivity contribution in [3.63, 3.8) is 0 Å². The minimum Gasteiger partial charge on any atom is -0.393 e. The molecule has 2 N–H and O–H groups in total. The van der Waals surface area contributed by atoms with Crippen LogP contribution in [-0.2, 0) is 6.54 Å². The quantitative estimate of drug-likeness (QED) is 0.730. The molecule has 1 heterocycles. The van der Waals surface area contributed by atoms with E-state index in [4.69, 9.17) is 0 Å². The summed E-state index contributed by atoms with van der Waals surface area (Å²) in [4.78, 5) is 0. The van der Waals surface area contributed by atoms with E-state index in [1.54, 1.807) is 0 Å². The van der Waals surface area contributed by atoms with Gasteiger partial charge in [0.25, 0.3) is 0 Å². The van der Waals surface area contributed by atoms with Gasteiger partial charge in [0.1, 0.15) is 0 Å². The smallest absolute Gasteiger partial charge is 0.0529 e. The van der Waals surface area contributed by atoms with Crippen molar-refractivity contribution >= 4 is 0 Å². The summed E-state index contributed by atoms with van der Waals surface area (Å²) in [6.07, 6.45) is 7.17.